The van der Waals surface area contributed by atoms with E-state index < -0.39 is 6.09 Å². The number of ether oxygens (including phenoxy) is 1. The van der Waals surface area contributed by atoms with Crippen LogP contribution in [0.2, 0.25) is 0 Å². The van der Waals surface area contributed by atoms with E-state index in [4.69, 9.17) is 4.74 Å². The monoisotopic (exact) mass is 497 g/mol. The molecule has 0 bridgehead atoms. The second-order valence-electron chi connectivity index (χ2n) is 7.15. The lowest BCUT2D eigenvalue weighted by molar-refractivity contribution is 0.104. The average molecular weight is 498 g/mol. The number of benzene rings is 4. The minimum Gasteiger partial charge on any atom is -0.410 e. The van der Waals surface area contributed by atoms with Crippen molar-refractivity contribution in [1.29, 1.82) is 0 Å². The third-order valence-corrected chi connectivity index (χ3v) is 5.36. The van der Waals surface area contributed by atoms with E-state index in [0.717, 1.165) is 10.0 Å². The fourth-order valence-corrected chi connectivity index (χ4v) is 3.49. The van der Waals surface area contributed by atoms with E-state index in [9.17, 15) is 9.59 Å². The summed E-state index contributed by atoms with van der Waals surface area (Å²) >= 11 is 3.36. The van der Waals surface area contributed by atoms with Gasteiger partial charge in [0.25, 0.3) is 0 Å². The molecule has 0 radical (unpaired) electrons. The highest BCUT2D eigenvalue weighted by Crippen LogP contribution is 2.27. The van der Waals surface area contributed by atoms with Crippen molar-refractivity contribution in [2.45, 2.75) is 0 Å². The van der Waals surface area contributed by atoms with E-state index in [2.05, 4.69) is 15.9 Å². The summed E-state index contributed by atoms with van der Waals surface area (Å²) in [5.74, 6) is 0.277. The minimum absolute atomic E-state index is 0.107. The van der Waals surface area contributed by atoms with Crippen LogP contribution < -0.4 is 9.64 Å². The molecular weight excluding hydrogens is 478 g/mol. The Labute approximate surface area is 200 Å². The fraction of sp³-hybridized carbons (Fsp3) is 0. The molecule has 4 aromatic rings. The predicted octanol–water partition coefficient (Wildman–Crippen LogP) is 7.68. The Morgan fingerprint density at radius 2 is 1.33 bits per heavy atom. The number of carbonyl (C=O) groups excluding carboxylic acids is 2. The molecule has 0 saturated carbocycles. The quantitative estimate of drug-likeness (QED) is 0.202. The lowest BCUT2D eigenvalue weighted by atomic mass is 10.1. The maximum atomic E-state index is 13.1. The van der Waals surface area contributed by atoms with E-state index in [0.29, 0.717) is 22.7 Å². The molecule has 162 valence electrons. The van der Waals surface area contributed by atoms with Crippen LogP contribution in [0.25, 0.3) is 6.08 Å². The first kappa shape index (κ1) is 22.2. The molecule has 0 saturated heterocycles. The van der Waals surface area contributed by atoms with Gasteiger partial charge in [0.1, 0.15) is 5.75 Å². The van der Waals surface area contributed by atoms with E-state index in [1.54, 1.807) is 36.4 Å². The smallest absolute Gasteiger partial charge is 0.410 e. The summed E-state index contributed by atoms with van der Waals surface area (Å²) in [6.07, 6.45) is 2.68. The number of allylic oxidation sites excluding steroid dienone is 1. The van der Waals surface area contributed by atoms with E-state index in [1.165, 1.54) is 11.0 Å². The highest BCUT2D eigenvalue weighted by Gasteiger charge is 2.20. The van der Waals surface area contributed by atoms with Gasteiger partial charge in [0.05, 0.1) is 11.4 Å². The van der Waals surface area contributed by atoms with Crippen LogP contribution in [0.5, 0.6) is 5.75 Å². The molecule has 0 unspecified atom stereocenters. The highest BCUT2D eigenvalue weighted by molar-refractivity contribution is 9.10. The van der Waals surface area contributed by atoms with Gasteiger partial charge in [-0.3, -0.25) is 4.79 Å². The molecule has 5 heteroatoms. The summed E-state index contributed by atoms with van der Waals surface area (Å²) in [5, 5.41) is 0. The predicted molar refractivity (Wildman–Crippen MR) is 135 cm³/mol. The summed E-state index contributed by atoms with van der Waals surface area (Å²) in [5.41, 5.74) is 2.74. The molecule has 4 aromatic carbocycles. The lowest BCUT2D eigenvalue weighted by Crippen LogP contribution is -2.29. The molecule has 0 aliphatic heterocycles. The van der Waals surface area contributed by atoms with Gasteiger partial charge in [-0.05, 0) is 72.3 Å². The molecule has 0 aliphatic carbocycles. The van der Waals surface area contributed by atoms with Crippen LogP contribution in [-0.4, -0.2) is 11.9 Å². The van der Waals surface area contributed by atoms with Crippen molar-refractivity contribution in [3.63, 3.8) is 0 Å². The van der Waals surface area contributed by atoms with Gasteiger partial charge < -0.3 is 4.74 Å². The van der Waals surface area contributed by atoms with Crippen LogP contribution in [0.3, 0.4) is 0 Å². The molecule has 0 heterocycles. The summed E-state index contributed by atoms with van der Waals surface area (Å²) in [6, 6.07) is 32.9. The van der Waals surface area contributed by atoms with Gasteiger partial charge in [-0.1, -0.05) is 70.5 Å². The zero-order valence-corrected chi connectivity index (χ0v) is 19.2. The second-order valence-corrected chi connectivity index (χ2v) is 8.07. The van der Waals surface area contributed by atoms with Crippen molar-refractivity contribution in [3.8, 4) is 5.75 Å². The van der Waals surface area contributed by atoms with Gasteiger partial charge in [-0.2, -0.15) is 0 Å². The topological polar surface area (TPSA) is 46.6 Å². The van der Waals surface area contributed by atoms with Crippen LogP contribution in [0.1, 0.15) is 15.9 Å². The minimum atomic E-state index is -0.528. The van der Waals surface area contributed by atoms with Crippen molar-refractivity contribution in [1.82, 2.24) is 0 Å². The maximum Gasteiger partial charge on any atom is 0.424 e. The van der Waals surface area contributed by atoms with Crippen molar-refractivity contribution in [2.24, 2.45) is 0 Å². The number of amides is 1. The zero-order valence-electron chi connectivity index (χ0n) is 17.6. The molecule has 33 heavy (non-hydrogen) atoms. The van der Waals surface area contributed by atoms with Crippen LogP contribution in [-0.2, 0) is 0 Å². The average Bonchev–Trinajstić information content (AvgIpc) is 2.85. The second kappa shape index (κ2) is 10.6. The van der Waals surface area contributed by atoms with Gasteiger partial charge >= 0.3 is 6.09 Å². The van der Waals surface area contributed by atoms with Gasteiger partial charge in [0.15, 0.2) is 5.78 Å². The van der Waals surface area contributed by atoms with Gasteiger partial charge in [0, 0.05) is 10.0 Å². The Hall–Kier alpha value is -3.96. The summed E-state index contributed by atoms with van der Waals surface area (Å²) in [4.78, 5) is 27.0. The zero-order chi connectivity index (χ0) is 23.0. The Kier molecular flexibility index (Phi) is 7.12. The van der Waals surface area contributed by atoms with Crippen molar-refractivity contribution >= 4 is 45.3 Å². The number of hydrogen-bond donors (Lipinski definition) is 0. The Bertz CT molecular complexity index is 1230. The normalized spacial score (nSPS) is 10.7. The van der Waals surface area contributed by atoms with Crippen LogP contribution >= 0.6 is 15.9 Å². The van der Waals surface area contributed by atoms with Gasteiger partial charge in [-0.25, -0.2) is 9.69 Å². The Morgan fingerprint density at radius 3 is 1.94 bits per heavy atom. The van der Waals surface area contributed by atoms with Crippen LogP contribution in [0.4, 0.5) is 16.2 Å². The van der Waals surface area contributed by atoms with Crippen LogP contribution in [0.15, 0.2) is 120 Å². The Morgan fingerprint density at radius 1 is 0.727 bits per heavy atom. The molecule has 4 rings (SSSR count). The first-order valence-corrected chi connectivity index (χ1v) is 11.1. The van der Waals surface area contributed by atoms with Crippen molar-refractivity contribution in [2.75, 3.05) is 4.90 Å². The number of ketones is 1. The standard InChI is InChI=1S/C28H20BrNO3/c29-23-17-15-22(16-18-23)27(31)19-14-21-8-7-13-26(20-21)33-28(32)30(24-9-3-1-4-10-24)25-11-5-2-6-12-25/h1-20H. The number of para-hydroxylation sites is 2. The number of anilines is 2. The van der Waals surface area contributed by atoms with E-state index >= 15 is 0 Å². The third-order valence-electron chi connectivity index (χ3n) is 4.83. The van der Waals surface area contributed by atoms with Gasteiger partial charge in [-0.15, -0.1) is 0 Å². The molecule has 0 aromatic heterocycles. The van der Waals surface area contributed by atoms with Gasteiger partial charge in [0.2, 0.25) is 0 Å². The molecule has 1 amide bonds. The largest absolute Gasteiger partial charge is 0.424 e. The SMILES string of the molecule is O=C(C=Cc1cccc(OC(=O)N(c2ccccc2)c2ccccc2)c1)c1ccc(Br)cc1. The number of carbonyl (C=O) groups is 2. The first-order valence-electron chi connectivity index (χ1n) is 10.3. The van der Waals surface area contributed by atoms with E-state index in [1.807, 2.05) is 78.9 Å². The lowest BCUT2D eigenvalue weighted by Gasteiger charge is -2.22. The molecule has 0 atom stereocenters. The number of hydrogen-bond acceptors (Lipinski definition) is 3. The highest BCUT2D eigenvalue weighted by atomic mass is 79.9. The molecule has 0 N–H and O–H groups in total. The molecular formula is C28H20BrNO3. The number of nitrogens with zero attached hydrogens (tertiary/aromatic N) is 1. The Balaban J connectivity index is 1.52. The van der Waals surface area contributed by atoms with Crippen molar-refractivity contribution in [3.05, 3.63) is 131 Å². The summed E-state index contributed by atoms with van der Waals surface area (Å²) in [6.45, 7) is 0. The third kappa shape index (κ3) is 5.84. The van der Waals surface area contributed by atoms with E-state index in [-0.39, 0.29) is 5.78 Å². The fourth-order valence-electron chi connectivity index (χ4n) is 3.22. The van der Waals surface area contributed by atoms with Crippen molar-refractivity contribution < 1.29 is 14.3 Å². The first-order chi connectivity index (χ1) is 16.1. The maximum absolute atomic E-state index is 13.1. The molecule has 0 aliphatic rings. The number of rotatable bonds is 6. The molecule has 4 nitrogen and oxygen atoms in total. The molecule has 0 spiro atoms. The summed E-state index contributed by atoms with van der Waals surface area (Å²) < 4.78 is 6.61. The summed E-state index contributed by atoms with van der Waals surface area (Å²) in [7, 11) is 0. The molecule has 0 fully saturated rings. The number of halogens is 1. The van der Waals surface area contributed by atoms with Crippen LogP contribution in [0, 0.1) is 0 Å².